The average Bonchev–Trinajstić information content (AvgIpc) is 2.64. The van der Waals surface area contributed by atoms with E-state index in [1.54, 1.807) is 12.1 Å². The summed E-state index contributed by atoms with van der Waals surface area (Å²) in [5.41, 5.74) is 1.64. The monoisotopic (exact) mass is 370 g/mol. The quantitative estimate of drug-likeness (QED) is 0.556. The highest BCUT2D eigenvalue weighted by Gasteiger charge is 2.17. The third-order valence-electron chi connectivity index (χ3n) is 3.38. The van der Waals surface area contributed by atoms with Crippen LogP contribution in [0.25, 0.3) is 11.1 Å². The summed E-state index contributed by atoms with van der Waals surface area (Å²) in [6.45, 7) is 3.49. The summed E-state index contributed by atoms with van der Waals surface area (Å²) in [5.74, 6) is -0.0448. The topological polar surface area (TPSA) is 34.1 Å². The van der Waals surface area contributed by atoms with E-state index in [0.29, 0.717) is 4.90 Å². The first-order chi connectivity index (χ1) is 12.0. The van der Waals surface area contributed by atoms with Gasteiger partial charge in [0.05, 0.1) is 10.6 Å². The van der Waals surface area contributed by atoms with Gasteiger partial charge in [-0.2, -0.15) is 0 Å². The largest absolute Gasteiger partial charge is 0.223 e. The maximum atomic E-state index is 12.2. The summed E-state index contributed by atoms with van der Waals surface area (Å²) >= 11 is 5.54. The first-order valence-corrected chi connectivity index (χ1v) is 9.76. The van der Waals surface area contributed by atoms with Crippen molar-refractivity contribution in [3.8, 4) is 11.1 Å². The summed E-state index contributed by atoms with van der Waals surface area (Å²) in [5, 5.41) is 0.794. The maximum Gasteiger partial charge on any atom is 0.182 e. The Morgan fingerprint density at radius 3 is 1.84 bits per heavy atom. The van der Waals surface area contributed by atoms with Crippen molar-refractivity contribution >= 4 is 21.4 Å². The Kier molecular flexibility index (Phi) is 6.99. The third kappa shape index (κ3) is 5.59. The van der Waals surface area contributed by atoms with Crippen LogP contribution in [0.4, 0.5) is 0 Å². The molecule has 0 aliphatic carbocycles. The molecule has 0 unspecified atom stereocenters. The van der Waals surface area contributed by atoms with Crippen LogP contribution in [0, 0.1) is 0 Å². The van der Waals surface area contributed by atoms with Crippen molar-refractivity contribution in [2.24, 2.45) is 0 Å². The Balaban J connectivity index is 0.000000269. The van der Waals surface area contributed by atoms with Crippen LogP contribution in [-0.2, 0) is 9.84 Å². The fourth-order valence-electron chi connectivity index (χ4n) is 2.25. The van der Waals surface area contributed by atoms with Gasteiger partial charge in [-0.25, -0.2) is 8.42 Å². The lowest BCUT2D eigenvalue weighted by molar-refractivity contribution is 0.599. The minimum atomic E-state index is -3.31. The molecule has 0 bridgehead atoms. The zero-order valence-corrected chi connectivity index (χ0v) is 15.2. The van der Waals surface area contributed by atoms with Crippen LogP contribution in [-0.4, -0.2) is 14.2 Å². The Labute approximate surface area is 154 Å². The van der Waals surface area contributed by atoms with Crippen molar-refractivity contribution in [3.05, 3.63) is 103 Å². The summed E-state index contributed by atoms with van der Waals surface area (Å²) in [7, 11) is -3.31. The van der Waals surface area contributed by atoms with Gasteiger partial charge >= 0.3 is 0 Å². The molecular formula is C21H19ClO2S. The van der Waals surface area contributed by atoms with Crippen molar-refractivity contribution in [2.45, 2.75) is 4.90 Å². The van der Waals surface area contributed by atoms with Crippen LogP contribution < -0.4 is 0 Å². The highest BCUT2D eigenvalue weighted by molar-refractivity contribution is 7.91. The molecule has 0 radical (unpaired) electrons. The Hall–Kier alpha value is -2.36. The molecule has 0 aliphatic rings. The number of rotatable bonds is 4. The molecule has 25 heavy (non-hydrogen) atoms. The number of hydrogen-bond acceptors (Lipinski definition) is 2. The molecule has 0 atom stereocenters. The Morgan fingerprint density at radius 2 is 1.32 bits per heavy atom. The first-order valence-electron chi connectivity index (χ1n) is 7.73. The molecule has 0 amide bonds. The molecule has 0 heterocycles. The van der Waals surface area contributed by atoms with Crippen LogP contribution in [0.15, 0.2) is 102 Å². The van der Waals surface area contributed by atoms with Crippen LogP contribution in [0.5, 0.6) is 0 Å². The second-order valence-electron chi connectivity index (χ2n) is 5.23. The van der Waals surface area contributed by atoms with Gasteiger partial charge in [0.25, 0.3) is 0 Å². The van der Waals surface area contributed by atoms with Gasteiger partial charge in [0.2, 0.25) is 0 Å². The molecule has 3 rings (SSSR count). The smallest absolute Gasteiger partial charge is 0.182 e. The van der Waals surface area contributed by atoms with Crippen LogP contribution >= 0.6 is 11.6 Å². The molecule has 4 heteroatoms. The van der Waals surface area contributed by atoms with Crippen molar-refractivity contribution in [1.82, 2.24) is 0 Å². The summed E-state index contributed by atoms with van der Waals surface area (Å²) in [4.78, 5) is 0.358. The zero-order valence-electron chi connectivity index (χ0n) is 13.7. The van der Waals surface area contributed by atoms with Crippen molar-refractivity contribution in [2.75, 3.05) is 5.75 Å². The van der Waals surface area contributed by atoms with Crippen molar-refractivity contribution in [3.63, 3.8) is 0 Å². The minimum Gasteiger partial charge on any atom is -0.223 e. The van der Waals surface area contributed by atoms with Gasteiger partial charge in [0.15, 0.2) is 9.84 Å². The summed E-state index contributed by atoms with van der Waals surface area (Å²) < 4.78 is 24.3. The fraction of sp³-hybridized carbons (Fsp3) is 0.0476. The van der Waals surface area contributed by atoms with E-state index < -0.39 is 9.84 Å². The van der Waals surface area contributed by atoms with Gasteiger partial charge < -0.3 is 0 Å². The number of halogens is 1. The molecule has 0 saturated heterocycles. The van der Waals surface area contributed by atoms with E-state index in [4.69, 9.17) is 11.6 Å². The van der Waals surface area contributed by atoms with Gasteiger partial charge in [0, 0.05) is 10.6 Å². The number of hydrogen-bond donors (Lipinski definition) is 0. The van der Waals surface area contributed by atoms with E-state index in [1.165, 1.54) is 6.08 Å². The van der Waals surface area contributed by atoms with Crippen LogP contribution in [0.1, 0.15) is 0 Å². The molecule has 0 N–H and O–H groups in total. The first kappa shape index (κ1) is 19.0. The van der Waals surface area contributed by atoms with Gasteiger partial charge in [-0.3, -0.25) is 0 Å². The minimum absolute atomic E-state index is 0.0448. The Bertz CT molecular complexity index is 905. The highest BCUT2D eigenvalue weighted by Crippen LogP contribution is 2.27. The van der Waals surface area contributed by atoms with Gasteiger partial charge in [-0.05, 0) is 23.8 Å². The lowest BCUT2D eigenvalue weighted by Gasteiger charge is -2.09. The van der Waals surface area contributed by atoms with Crippen LogP contribution in [0.2, 0.25) is 5.02 Å². The molecule has 0 aliphatic heterocycles. The zero-order chi connectivity index (χ0) is 18.1. The summed E-state index contributed by atoms with van der Waals surface area (Å²) in [6, 6.07) is 26.0. The average molecular weight is 371 g/mol. The second-order valence-corrected chi connectivity index (χ2v) is 7.67. The van der Waals surface area contributed by atoms with E-state index in [9.17, 15) is 8.42 Å². The maximum absolute atomic E-state index is 12.2. The molecule has 2 nitrogen and oxygen atoms in total. The van der Waals surface area contributed by atoms with Gasteiger partial charge in [-0.1, -0.05) is 84.4 Å². The molecule has 3 aromatic carbocycles. The molecule has 0 aromatic heterocycles. The third-order valence-corrected chi connectivity index (χ3v) is 5.33. The van der Waals surface area contributed by atoms with E-state index >= 15 is 0 Å². The molecule has 0 saturated carbocycles. The van der Waals surface area contributed by atoms with E-state index in [0.717, 1.165) is 16.1 Å². The van der Waals surface area contributed by atoms with E-state index in [1.807, 2.05) is 72.8 Å². The number of benzene rings is 3. The second kappa shape index (κ2) is 9.21. The standard InChI is InChI=1S/C15H14O2S.C6H5Cl/c1-2-12-18(16,17)15-11-7-6-10-14(15)13-8-4-3-5-9-13;7-6-4-2-1-3-5-6/h2-11H,1,12H2;1-5H. The van der Waals surface area contributed by atoms with E-state index in [-0.39, 0.29) is 5.75 Å². The predicted molar refractivity (Wildman–Crippen MR) is 106 cm³/mol. The molecule has 3 aromatic rings. The predicted octanol–water partition coefficient (Wildman–Crippen LogP) is 5.65. The molecule has 0 fully saturated rings. The van der Waals surface area contributed by atoms with Gasteiger partial charge in [-0.15, -0.1) is 6.58 Å². The van der Waals surface area contributed by atoms with Crippen molar-refractivity contribution < 1.29 is 8.42 Å². The van der Waals surface area contributed by atoms with Crippen molar-refractivity contribution in [1.29, 1.82) is 0 Å². The summed E-state index contributed by atoms with van der Waals surface area (Å²) in [6.07, 6.45) is 1.41. The molecule has 0 spiro atoms. The van der Waals surface area contributed by atoms with E-state index in [2.05, 4.69) is 6.58 Å². The number of sulfone groups is 1. The fourth-order valence-corrected chi connectivity index (χ4v) is 3.70. The Morgan fingerprint density at radius 1 is 0.800 bits per heavy atom. The highest BCUT2D eigenvalue weighted by atomic mass is 35.5. The lowest BCUT2D eigenvalue weighted by Crippen LogP contribution is -2.06. The van der Waals surface area contributed by atoms with Gasteiger partial charge in [0.1, 0.15) is 0 Å². The lowest BCUT2D eigenvalue weighted by atomic mass is 10.1. The normalized spacial score (nSPS) is 10.4. The molecule has 128 valence electrons. The molecular weight excluding hydrogens is 352 g/mol. The van der Waals surface area contributed by atoms with Crippen LogP contribution in [0.3, 0.4) is 0 Å². The SMILES string of the molecule is C=CCS(=O)(=O)c1ccccc1-c1ccccc1.Clc1ccccc1.